The summed E-state index contributed by atoms with van der Waals surface area (Å²) in [5.74, 6) is 0.834. The minimum Gasteiger partial charge on any atom is -1.00 e. The molecule has 2 aromatic rings. The smallest absolute Gasteiger partial charge is 1.00 e. The topological polar surface area (TPSA) is 25.8 Å². The second-order valence-corrected chi connectivity index (χ2v) is 20.6. The Hall–Kier alpha value is -0.620. The van der Waals surface area contributed by atoms with Crippen LogP contribution >= 0.6 is 31.9 Å². The van der Waals surface area contributed by atoms with Gasteiger partial charge in [0.1, 0.15) is 9.21 Å². The van der Waals surface area contributed by atoms with E-state index in [-0.39, 0.29) is 30.2 Å². The molecule has 0 N–H and O–H groups in total. The molecule has 0 saturated carbocycles. The molecule has 38 heavy (non-hydrogen) atoms. The first-order valence-corrected chi connectivity index (χ1v) is 19.7. The van der Waals surface area contributed by atoms with Crippen molar-refractivity contribution >= 4 is 49.4 Å². The van der Waals surface area contributed by atoms with Gasteiger partial charge in [0.25, 0.3) is 0 Å². The Kier molecular flexibility index (Phi) is 12.7. The summed E-state index contributed by atoms with van der Waals surface area (Å²) in [7, 11) is 0. The molecule has 2 aromatic heterocycles. The first kappa shape index (κ1) is 33.6. The van der Waals surface area contributed by atoms with Crippen LogP contribution in [0.1, 0.15) is 62.0 Å². The van der Waals surface area contributed by atoms with Gasteiger partial charge in [-0.2, -0.15) is 34.4 Å². The molecule has 0 spiro atoms. The molecule has 0 saturated heterocycles. The molecule has 0 aliphatic heterocycles. The maximum absolute atomic E-state index is 4.51. The van der Waals surface area contributed by atoms with Crippen LogP contribution in [0.25, 0.3) is 12.2 Å². The second kappa shape index (κ2) is 14.3. The number of pyridine rings is 2. The van der Waals surface area contributed by atoms with E-state index >= 15 is 0 Å². The van der Waals surface area contributed by atoms with Crippen LogP contribution in [0, 0.1) is 12.2 Å². The third-order valence-corrected chi connectivity index (χ3v) is 7.19. The third kappa shape index (κ3) is 7.77. The van der Waals surface area contributed by atoms with E-state index in [2.05, 4.69) is 131 Å². The van der Waals surface area contributed by atoms with Gasteiger partial charge in [-0.15, -0.1) is 35.5 Å². The Morgan fingerprint density at radius 3 is 1.39 bits per heavy atom. The number of fused-ring (bicyclic) bond motifs is 4. The van der Waals surface area contributed by atoms with Crippen molar-refractivity contribution in [2.75, 3.05) is 0 Å². The molecule has 8 heteroatoms. The molecule has 2 heterocycles. The first-order valence-electron chi connectivity index (χ1n) is 12.0. The van der Waals surface area contributed by atoms with Crippen LogP contribution in [0.5, 0.6) is 0 Å². The molecular formula is C30H28Br2Cl2N2SiZr-2. The standard InChI is InChI=1S/2C14H11BrN.C2H6Si.2ClH.Zr/c2*1-8-5-10-7-13-11(3-4-14(15)16-13)9(2)12(10)6-8;1-3-2;;;/h2*3-4,6-7,9H,1-2H3;1-2H3;2*1H;/q2*-1;;;;+2/p-2. The normalized spacial score (nSPS) is 19.2. The number of halogens is 4. The molecule has 196 valence electrons. The summed E-state index contributed by atoms with van der Waals surface area (Å²) in [5, 5.41) is 0. The molecule has 0 aromatic carbocycles. The van der Waals surface area contributed by atoms with Crippen molar-refractivity contribution in [2.45, 2.75) is 52.6 Å². The summed E-state index contributed by atoms with van der Waals surface area (Å²) < 4.78 is 1.78. The van der Waals surface area contributed by atoms with Gasteiger partial charge in [-0.25, -0.2) is 0 Å². The largest absolute Gasteiger partial charge is 1.00 e. The molecule has 0 fully saturated rings. The van der Waals surface area contributed by atoms with E-state index in [9.17, 15) is 0 Å². The number of rotatable bonds is 0. The Morgan fingerprint density at radius 2 is 1.05 bits per heavy atom. The fourth-order valence-corrected chi connectivity index (χ4v) is 5.36. The van der Waals surface area contributed by atoms with E-state index < -0.39 is 0 Å². The Balaban J connectivity index is 0.000000224. The van der Waals surface area contributed by atoms with Crippen molar-refractivity contribution in [3.63, 3.8) is 0 Å². The zero-order valence-corrected chi connectivity index (χ0v) is 30.3. The zero-order chi connectivity index (χ0) is 26.1. The van der Waals surface area contributed by atoms with E-state index in [1.807, 2.05) is 12.1 Å². The van der Waals surface area contributed by atoms with Crippen molar-refractivity contribution in [2.24, 2.45) is 0 Å². The van der Waals surface area contributed by atoms with Gasteiger partial charge in [-0.05, 0) is 67.0 Å². The molecule has 6 rings (SSSR count). The monoisotopic (exact) mass is 762 g/mol. The summed E-state index contributed by atoms with van der Waals surface area (Å²) in [6, 6.07) is 8.32. The molecule has 2 atom stereocenters. The summed E-state index contributed by atoms with van der Waals surface area (Å²) in [5.41, 5.74) is 12.5. The van der Waals surface area contributed by atoms with Gasteiger partial charge in [-0.3, -0.25) is 9.97 Å². The van der Waals surface area contributed by atoms with E-state index in [1.165, 1.54) is 44.6 Å². The Labute approximate surface area is 271 Å². The average Bonchev–Trinajstić information content (AvgIpc) is 3.35. The van der Waals surface area contributed by atoms with Crippen LogP contribution in [0.3, 0.4) is 0 Å². The predicted molar refractivity (Wildman–Crippen MR) is 155 cm³/mol. The Bertz CT molecular complexity index is 1350. The van der Waals surface area contributed by atoms with Crippen molar-refractivity contribution in [1.29, 1.82) is 0 Å². The summed E-state index contributed by atoms with van der Waals surface area (Å²) in [6.45, 7) is 13.3. The quantitative estimate of drug-likeness (QED) is 0.235. The maximum Gasteiger partial charge on any atom is -1.00 e. The van der Waals surface area contributed by atoms with Gasteiger partial charge in [0.15, 0.2) is 0 Å². The van der Waals surface area contributed by atoms with E-state index in [1.54, 1.807) is 23.3 Å². The SMILES string of the molecule is CC1=[C-]C2=Cc3nc(Br)ccc3C(C)C2=C1.CC1=[C-]C2=Cc3nc(Br)ccc3C(C)C2=C1.C[Si](C)=[Zr+2].[Cl-].[Cl-]. The Morgan fingerprint density at radius 1 is 0.711 bits per heavy atom. The van der Waals surface area contributed by atoms with Crippen molar-refractivity contribution in [3.05, 3.63) is 114 Å². The van der Waals surface area contributed by atoms with E-state index in [4.69, 9.17) is 0 Å². The van der Waals surface area contributed by atoms with Gasteiger partial charge in [0.05, 0.1) is 0 Å². The number of aromatic nitrogens is 2. The van der Waals surface area contributed by atoms with Crippen molar-refractivity contribution < 1.29 is 48.1 Å². The first-order chi connectivity index (χ1) is 17.0. The minimum atomic E-state index is 0. The van der Waals surface area contributed by atoms with Crippen LogP contribution in [-0.4, -0.2) is 15.4 Å². The van der Waals surface area contributed by atoms with Gasteiger partial charge in [-0.1, -0.05) is 39.8 Å². The van der Waals surface area contributed by atoms with Crippen LogP contribution in [0.15, 0.2) is 79.1 Å². The fraction of sp³-hybridized carbons (Fsp3) is 0.267. The number of hydrogen-bond donors (Lipinski definition) is 0. The maximum atomic E-state index is 4.51. The predicted octanol–water partition coefficient (Wildman–Crippen LogP) is 2.86. The molecule has 2 nitrogen and oxygen atoms in total. The third-order valence-electron chi connectivity index (χ3n) is 6.30. The number of allylic oxidation sites excluding steroid dienone is 10. The van der Waals surface area contributed by atoms with Crippen LogP contribution < -0.4 is 24.8 Å². The minimum absolute atomic E-state index is 0. The van der Waals surface area contributed by atoms with Crippen LogP contribution in [-0.2, 0) is 23.3 Å². The van der Waals surface area contributed by atoms with Crippen LogP contribution in [0.2, 0.25) is 13.1 Å². The fourth-order valence-electron chi connectivity index (χ4n) is 4.71. The summed E-state index contributed by atoms with van der Waals surface area (Å²) in [4.78, 5) is 9.03. The van der Waals surface area contributed by atoms with Crippen molar-refractivity contribution in [1.82, 2.24) is 9.97 Å². The molecule has 0 radical (unpaired) electrons. The van der Waals surface area contributed by atoms with Gasteiger partial charge >= 0.3 is 41.9 Å². The zero-order valence-electron chi connectivity index (χ0n) is 22.2. The van der Waals surface area contributed by atoms with Gasteiger partial charge in [0, 0.05) is 11.4 Å². The number of nitrogens with zero attached hydrogens (tertiary/aromatic N) is 2. The molecule has 4 aliphatic carbocycles. The van der Waals surface area contributed by atoms with E-state index in [0.29, 0.717) is 11.8 Å². The molecule has 0 amide bonds. The molecule has 4 aliphatic rings. The van der Waals surface area contributed by atoms with Crippen molar-refractivity contribution in [3.8, 4) is 0 Å². The summed E-state index contributed by atoms with van der Waals surface area (Å²) in [6.07, 6.45) is 15.5. The average molecular weight is 767 g/mol. The molecular weight excluding hydrogens is 738 g/mol. The molecule has 0 bridgehead atoms. The van der Waals surface area contributed by atoms with Crippen LogP contribution in [0.4, 0.5) is 0 Å². The second-order valence-electron chi connectivity index (χ2n) is 9.59. The molecule has 2 unspecified atom stereocenters. The van der Waals surface area contributed by atoms with Gasteiger partial charge < -0.3 is 24.8 Å². The summed E-state index contributed by atoms with van der Waals surface area (Å²) >= 11 is 8.57. The number of hydrogen-bond acceptors (Lipinski definition) is 2. The van der Waals surface area contributed by atoms with E-state index in [0.717, 1.165) is 20.6 Å². The van der Waals surface area contributed by atoms with Gasteiger partial charge in [0.2, 0.25) is 0 Å².